The average Bonchev–Trinajstić information content (AvgIpc) is 2.97. The van der Waals surface area contributed by atoms with Gasteiger partial charge in [-0.15, -0.1) is 11.3 Å². The fourth-order valence-electron chi connectivity index (χ4n) is 2.86. The van der Waals surface area contributed by atoms with Crippen molar-refractivity contribution in [2.24, 2.45) is 0 Å². The van der Waals surface area contributed by atoms with Gasteiger partial charge in [0.1, 0.15) is 0 Å². The van der Waals surface area contributed by atoms with Gasteiger partial charge in [0.05, 0.1) is 10.6 Å². The van der Waals surface area contributed by atoms with E-state index in [2.05, 4.69) is 10.3 Å². The lowest BCUT2D eigenvalue weighted by Gasteiger charge is -2.22. The number of anilines is 1. The molecule has 3 rings (SSSR count). The number of nitro groups is 1. The van der Waals surface area contributed by atoms with E-state index in [0.717, 1.165) is 16.4 Å². The molecule has 0 amide bonds. The van der Waals surface area contributed by atoms with Gasteiger partial charge in [-0.3, -0.25) is 10.1 Å². The van der Waals surface area contributed by atoms with Gasteiger partial charge in [-0.05, 0) is 19.8 Å². The van der Waals surface area contributed by atoms with Crippen molar-refractivity contribution in [2.45, 2.75) is 45.1 Å². The van der Waals surface area contributed by atoms with Gasteiger partial charge in [0, 0.05) is 28.6 Å². The highest BCUT2D eigenvalue weighted by Crippen LogP contribution is 2.30. The molecule has 6 heteroatoms. The number of hydrogen-bond donors (Lipinski definition) is 1. The Labute approximate surface area is 133 Å². The molecule has 0 aliphatic heterocycles. The zero-order chi connectivity index (χ0) is 15.5. The van der Waals surface area contributed by atoms with Crippen LogP contribution in [0.15, 0.2) is 23.6 Å². The summed E-state index contributed by atoms with van der Waals surface area (Å²) >= 11 is 1.56. The second-order valence-electron chi connectivity index (χ2n) is 5.78. The Morgan fingerprint density at radius 1 is 1.32 bits per heavy atom. The maximum Gasteiger partial charge on any atom is 0.272 e. The summed E-state index contributed by atoms with van der Waals surface area (Å²) in [4.78, 5) is 15.3. The molecule has 1 N–H and O–H groups in total. The molecular formula is C16H19N3O2S. The molecular weight excluding hydrogens is 298 g/mol. The smallest absolute Gasteiger partial charge is 0.272 e. The number of benzene rings is 1. The van der Waals surface area contributed by atoms with Crippen molar-refractivity contribution in [1.82, 2.24) is 4.98 Å². The van der Waals surface area contributed by atoms with E-state index in [1.807, 2.05) is 11.4 Å². The molecule has 1 saturated carbocycles. The zero-order valence-corrected chi connectivity index (χ0v) is 13.4. The van der Waals surface area contributed by atoms with E-state index < -0.39 is 0 Å². The molecule has 116 valence electrons. The van der Waals surface area contributed by atoms with Crippen LogP contribution in [-0.4, -0.2) is 15.9 Å². The molecule has 0 atom stereocenters. The number of thiazole rings is 1. The standard InChI is InChI=1S/C16H19N3O2S/c1-11-7-8-12(9-15(11)19(20)21)14-10-22-16(18-14)17-13-5-3-2-4-6-13/h7-10,13H,2-6H2,1H3,(H,17,18). The SMILES string of the molecule is Cc1ccc(-c2csc(NC3CCCCC3)n2)cc1[N+](=O)[O-]. The van der Waals surface area contributed by atoms with E-state index >= 15 is 0 Å². The Bertz CT molecular complexity index is 678. The predicted molar refractivity (Wildman–Crippen MR) is 89.4 cm³/mol. The average molecular weight is 317 g/mol. The lowest BCUT2D eigenvalue weighted by atomic mass is 9.96. The number of nitrogens with zero attached hydrogens (tertiary/aromatic N) is 2. The molecule has 1 fully saturated rings. The van der Waals surface area contributed by atoms with Gasteiger partial charge in [0.2, 0.25) is 0 Å². The quantitative estimate of drug-likeness (QED) is 0.651. The number of hydrogen-bond acceptors (Lipinski definition) is 5. The van der Waals surface area contributed by atoms with Crippen LogP contribution < -0.4 is 5.32 Å². The molecule has 0 radical (unpaired) electrons. The second kappa shape index (κ2) is 6.44. The summed E-state index contributed by atoms with van der Waals surface area (Å²) in [6.07, 6.45) is 6.28. The van der Waals surface area contributed by atoms with Crippen LogP contribution in [-0.2, 0) is 0 Å². The highest BCUT2D eigenvalue weighted by molar-refractivity contribution is 7.14. The normalized spacial score (nSPS) is 15.7. The Kier molecular flexibility index (Phi) is 4.38. The summed E-state index contributed by atoms with van der Waals surface area (Å²) < 4.78 is 0. The molecule has 1 heterocycles. The van der Waals surface area contributed by atoms with Gasteiger partial charge in [0.25, 0.3) is 5.69 Å². The molecule has 1 aromatic heterocycles. The van der Waals surface area contributed by atoms with Crippen LogP contribution in [0, 0.1) is 17.0 Å². The van der Waals surface area contributed by atoms with Gasteiger partial charge in [-0.1, -0.05) is 31.4 Å². The highest BCUT2D eigenvalue weighted by Gasteiger charge is 2.16. The Balaban J connectivity index is 1.78. The first kappa shape index (κ1) is 15.0. The third-order valence-electron chi connectivity index (χ3n) is 4.14. The first-order valence-electron chi connectivity index (χ1n) is 7.61. The van der Waals surface area contributed by atoms with Crippen molar-refractivity contribution in [3.63, 3.8) is 0 Å². The van der Waals surface area contributed by atoms with E-state index in [0.29, 0.717) is 11.6 Å². The van der Waals surface area contributed by atoms with Crippen LogP contribution in [0.25, 0.3) is 11.3 Å². The Hall–Kier alpha value is -1.95. The van der Waals surface area contributed by atoms with E-state index in [1.165, 1.54) is 32.1 Å². The van der Waals surface area contributed by atoms with E-state index in [4.69, 9.17) is 0 Å². The topological polar surface area (TPSA) is 68.1 Å². The Morgan fingerprint density at radius 2 is 2.09 bits per heavy atom. The first-order valence-corrected chi connectivity index (χ1v) is 8.49. The minimum Gasteiger partial charge on any atom is -0.359 e. The van der Waals surface area contributed by atoms with Crippen molar-refractivity contribution in [3.8, 4) is 11.3 Å². The lowest BCUT2D eigenvalue weighted by molar-refractivity contribution is -0.385. The number of nitrogens with one attached hydrogen (secondary N) is 1. The van der Waals surface area contributed by atoms with Gasteiger partial charge in [0.15, 0.2) is 5.13 Å². The summed E-state index contributed by atoms with van der Waals surface area (Å²) in [5, 5.41) is 17.4. The maximum absolute atomic E-state index is 11.0. The Morgan fingerprint density at radius 3 is 2.82 bits per heavy atom. The van der Waals surface area contributed by atoms with Gasteiger partial charge >= 0.3 is 0 Å². The molecule has 22 heavy (non-hydrogen) atoms. The van der Waals surface area contributed by atoms with Crippen LogP contribution in [0.1, 0.15) is 37.7 Å². The molecule has 0 bridgehead atoms. The molecule has 0 spiro atoms. The third kappa shape index (κ3) is 3.27. The van der Waals surface area contributed by atoms with Gasteiger partial charge in [-0.25, -0.2) is 4.98 Å². The molecule has 2 aromatic rings. The van der Waals surface area contributed by atoms with Crippen LogP contribution in [0.4, 0.5) is 10.8 Å². The molecule has 0 saturated heterocycles. The predicted octanol–water partition coefficient (Wildman–Crippen LogP) is 4.77. The minimum absolute atomic E-state index is 0.146. The van der Waals surface area contributed by atoms with Gasteiger partial charge < -0.3 is 5.32 Å². The molecule has 1 aliphatic rings. The van der Waals surface area contributed by atoms with Crippen molar-refractivity contribution in [1.29, 1.82) is 0 Å². The van der Waals surface area contributed by atoms with E-state index in [9.17, 15) is 10.1 Å². The van der Waals surface area contributed by atoms with E-state index in [-0.39, 0.29) is 10.6 Å². The van der Waals surface area contributed by atoms with Crippen LogP contribution in [0.2, 0.25) is 0 Å². The van der Waals surface area contributed by atoms with Crippen LogP contribution in [0.5, 0.6) is 0 Å². The summed E-state index contributed by atoms with van der Waals surface area (Å²) in [7, 11) is 0. The fourth-order valence-corrected chi connectivity index (χ4v) is 3.66. The number of aryl methyl sites for hydroxylation is 1. The van der Waals surface area contributed by atoms with Crippen molar-refractivity contribution in [3.05, 3.63) is 39.3 Å². The largest absolute Gasteiger partial charge is 0.359 e. The zero-order valence-electron chi connectivity index (χ0n) is 12.5. The summed E-state index contributed by atoms with van der Waals surface area (Å²) in [5.41, 5.74) is 2.41. The molecule has 0 unspecified atom stereocenters. The highest BCUT2D eigenvalue weighted by atomic mass is 32.1. The molecule has 5 nitrogen and oxygen atoms in total. The summed E-state index contributed by atoms with van der Waals surface area (Å²) in [6, 6.07) is 5.79. The maximum atomic E-state index is 11.0. The summed E-state index contributed by atoms with van der Waals surface area (Å²) in [6.45, 7) is 1.75. The van der Waals surface area contributed by atoms with Gasteiger partial charge in [-0.2, -0.15) is 0 Å². The van der Waals surface area contributed by atoms with Crippen LogP contribution in [0.3, 0.4) is 0 Å². The second-order valence-corrected chi connectivity index (χ2v) is 6.63. The lowest BCUT2D eigenvalue weighted by Crippen LogP contribution is -2.21. The van der Waals surface area contributed by atoms with Crippen molar-refractivity contribution in [2.75, 3.05) is 5.32 Å². The summed E-state index contributed by atoms with van der Waals surface area (Å²) in [5.74, 6) is 0. The number of aromatic nitrogens is 1. The van der Waals surface area contributed by atoms with Crippen molar-refractivity contribution >= 4 is 22.2 Å². The third-order valence-corrected chi connectivity index (χ3v) is 4.91. The van der Waals surface area contributed by atoms with E-state index in [1.54, 1.807) is 30.4 Å². The fraction of sp³-hybridized carbons (Fsp3) is 0.438. The van der Waals surface area contributed by atoms with Crippen molar-refractivity contribution < 1.29 is 4.92 Å². The number of rotatable bonds is 4. The van der Waals surface area contributed by atoms with Crippen LogP contribution >= 0.6 is 11.3 Å². The molecule has 1 aliphatic carbocycles. The first-order chi connectivity index (χ1) is 10.6. The molecule has 1 aromatic carbocycles. The number of nitro benzene ring substituents is 1. The minimum atomic E-state index is -0.341. The monoisotopic (exact) mass is 317 g/mol.